The summed E-state index contributed by atoms with van der Waals surface area (Å²) < 4.78 is 0. The minimum Gasteiger partial charge on any atom is -0.236 e. The fraction of sp³-hybridized carbons (Fsp3) is 0.278. The van der Waals surface area contributed by atoms with Gasteiger partial charge in [0.25, 0.3) is 0 Å². The van der Waals surface area contributed by atoms with Crippen molar-refractivity contribution in [3.8, 4) is 17.5 Å². The number of unbranched alkanes of at least 4 members (excludes halogenated alkanes) is 3. The third-order valence-electron chi connectivity index (χ3n) is 3.35. The molecule has 0 aliphatic heterocycles. The molecule has 1 aromatic heterocycles. The van der Waals surface area contributed by atoms with Crippen molar-refractivity contribution in [1.82, 2.24) is 9.97 Å². The average Bonchev–Trinajstić information content (AvgIpc) is 2.55. The first-order chi connectivity index (χ1) is 10.3. The minimum absolute atomic E-state index is 0.648. The van der Waals surface area contributed by atoms with Gasteiger partial charge in [-0.2, -0.15) is 5.26 Å². The van der Waals surface area contributed by atoms with Gasteiger partial charge in [-0.3, -0.25) is 0 Å². The first-order valence-corrected chi connectivity index (χ1v) is 7.26. The molecular weight excluding hydrogens is 258 g/mol. The summed E-state index contributed by atoms with van der Waals surface area (Å²) in [5, 5.41) is 8.79. The van der Waals surface area contributed by atoms with Crippen molar-refractivity contribution in [2.24, 2.45) is 0 Å². The maximum Gasteiger partial charge on any atom is 0.159 e. The van der Waals surface area contributed by atoms with E-state index >= 15 is 0 Å². The van der Waals surface area contributed by atoms with E-state index in [-0.39, 0.29) is 0 Å². The molecule has 2 rings (SSSR count). The van der Waals surface area contributed by atoms with Crippen LogP contribution in [0.15, 0.2) is 49.3 Å². The van der Waals surface area contributed by atoms with E-state index in [9.17, 15) is 0 Å². The number of allylic oxidation sites excluding steroid dienone is 1. The number of hydrogen-bond donors (Lipinski definition) is 0. The van der Waals surface area contributed by atoms with Crippen LogP contribution in [0.5, 0.6) is 0 Å². The van der Waals surface area contributed by atoms with Gasteiger partial charge < -0.3 is 0 Å². The molecule has 0 radical (unpaired) electrons. The fourth-order valence-electron chi connectivity index (χ4n) is 2.12. The van der Waals surface area contributed by atoms with E-state index < -0.39 is 0 Å². The molecule has 0 aliphatic rings. The third-order valence-corrected chi connectivity index (χ3v) is 3.35. The van der Waals surface area contributed by atoms with Gasteiger partial charge >= 0.3 is 0 Å². The average molecular weight is 277 g/mol. The van der Waals surface area contributed by atoms with E-state index in [0.29, 0.717) is 11.4 Å². The molecule has 1 heterocycles. The standard InChI is InChI=1S/C18H19N3/c1-2-3-4-5-6-7-16-13-20-18(21-14-16)17-10-8-15(12-19)9-11-17/h2,8-11,13-14H,1,3-7H2. The zero-order valence-corrected chi connectivity index (χ0v) is 12.1. The molecule has 0 spiro atoms. The lowest BCUT2D eigenvalue weighted by molar-refractivity contribution is 0.685. The summed E-state index contributed by atoms with van der Waals surface area (Å²) in [5.41, 5.74) is 2.76. The molecule has 2 aromatic rings. The van der Waals surface area contributed by atoms with Gasteiger partial charge in [0, 0.05) is 18.0 Å². The lowest BCUT2D eigenvalue weighted by Gasteiger charge is -2.03. The van der Waals surface area contributed by atoms with Crippen molar-refractivity contribution < 1.29 is 0 Å². The highest BCUT2D eigenvalue weighted by molar-refractivity contribution is 5.56. The van der Waals surface area contributed by atoms with Gasteiger partial charge in [0.15, 0.2) is 5.82 Å². The van der Waals surface area contributed by atoms with Crippen LogP contribution in [0.1, 0.15) is 36.8 Å². The van der Waals surface area contributed by atoms with Crippen molar-refractivity contribution in [1.29, 1.82) is 5.26 Å². The number of aromatic nitrogens is 2. The van der Waals surface area contributed by atoms with Crippen LogP contribution in [-0.4, -0.2) is 9.97 Å². The molecule has 0 aliphatic carbocycles. The largest absolute Gasteiger partial charge is 0.236 e. The van der Waals surface area contributed by atoms with Gasteiger partial charge in [-0.15, -0.1) is 6.58 Å². The summed E-state index contributed by atoms with van der Waals surface area (Å²) in [6.07, 6.45) is 11.4. The Hall–Kier alpha value is -2.47. The maximum atomic E-state index is 8.79. The molecule has 0 amide bonds. The smallest absolute Gasteiger partial charge is 0.159 e. The summed E-state index contributed by atoms with van der Waals surface area (Å²) >= 11 is 0. The SMILES string of the molecule is C=CCCCCCc1cnc(-c2ccc(C#N)cc2)nc1. The van der Waals surface area contributed by atoms with Crippen LogP contribution >= 0.6 is 0 Å². The summed E-state index contributed by atoms with van der Waals surface area (Å²) in [6, 6.07) is 9.43. The molecule has 0 fully saturated rings. The van der Waals surface area contributed by atoms with Gasteiger partial charge in [0.2, 0.25) is 0 Å². The first-order valence-electron chi connectivity index (χ1n) is 7.26. The van der Waals surface area contributed by atoms with Crippen molar-refractivity contribution in [2.45, 2.75) is 32.1 Å². The molecule has 0 saturated carbocycles. The predicted molar refractivity (Wildman–Crippen MR) is 84.6 cm³/mol. The number of nitrogens with zero attached hydrogens (tertiary/aromatic N) is 3. The molecule has 0 atom stereocenters. The second-order valence-corrected chi connectivity index (χ2v) is 4.99. The molecule has 0 unspecified atom stereocenters. The number of benzene rings is 1. The number of aryl methyl sites for hydroxylation is 1. The highest BCUT2D eigenvalue weighted by Gasteiger charge is 2.02. The second-order valence-electron chi connectivity index (χ2n) is 4.99. The molecule has 0 bridgehead atoms. The Labute approximate surface area is 126 Å². The molecule has 21 heavy (non-hydrogen) atoms. The molecular formula is C18H19N3. The Morgan fingerprint density at radius 3 is 2.38 bits per heavy atom. The number of nitriles is 1. The topological polar surface area (TPSA) is 49.6 Å². The molecule has 0 N–H and O–H groups in total. The summed E-state index contributed by atoms with van der Waals surface area (Å²) in [6.45, 7) is 3.73. The first kappa shape index (κ1) is 14.9. The lowest BCUT2D eigenvalue weighted by Crippen LogP contribution is -1.93. The third kappa shape index (κ3) is 4.54. The van der Waals surface area contributed by atoms with Crippen LogP contribution in [0, 0.1) is 11.3 Å². The molecule has 0 saturated heterocycles. The lowest BCUT2D eigenvalue weighted by atomic mass is 10.1. The van der Waals surface area contributed by atoms with Crippen LogP contribution in [0.2, 0.25) is 0 Å². The van der Waals surface area contributed by atoms with Gasteiger partial charge in [0.1, 0.15) is 0 Å². The van der Waals surface area contributed by atoms with Crippen LogP contribution in [0.3, 0.4) is 0 Å². The van der Waals surface area contributed by atoms with Gasteiger partial charge in [-0.05, 0) is 55.5 Å². The van der Waals surface area contributed by atoms with Crippen molar-refractivity contribution in [3.05, 3.63) is 60.4 Å². The van der Waals surface area contributed by atoms with E-state index in [0.717, 1.165) is 24.8 Å². The van der Waals surface area contributed by atoms with Crippen LogP contribution in [0.4, 0.5) is 0 Å². The predicted octanol–water partition coefficient (Wildman–Crippen LogP) is 4.30. The van der Waals surface area contributed by atoms with Gasteiger partial charge in [-0.1, -0.05) is 12.5 Å². The second kappa shape index (κ2) is 7.96. The summed E-state index contributed by atoms with van der Waals surface area (Å²) in [5.74, 6) is 0.704. The number of hydrogen-bond acceptors (Lipinski definition) is 3. The zero-order valence-electron chi connectivity index (χ0n) is 12.1. The highest BCUT2D eigenvalue weighted by Crippen LogP contribution is 2.15. The Morgan fingerprint density at radius 1 is 1.05 bits per heavy atom. The van der Waals surface area contributed by atoms with E-state index in [2.05, 4.69) is 22.6 Å². The van der Waals surface area contributed by atoms with E-state index in [1.165, 1.54) is 18.4 Å². The molecule has 1 aromatic carbocycles. The minimum atomic E-state index is 0.648. The monoisotopic (exact) mass is 277 g/mol. The normalized spacial score (nSPS) is 10.0. The van der Waals surface area contributed by atoms with Gasteiger partial charge in [-0.25, -0.2) is 9.97 Å². The van der Waals surface area contributed by atoms with E-state index in [4.69, 9.17) is 5.26 Å². The van der Waals surface area contributed by atoms with E-state index in [1.807, 2.05) is 30.6 Å². The maximum absolute atomic E-state index is 8.79. The molecule has 3 nitrogen and oxygen atoms in total. The van der Waals surface area contributed by atoms with E-state index in [1.54, 1.807) is 12.1 Å². The molecule has 3 heteroatoms. The van der Waals surface area contributed by atoms with Crippen LogP contribution < -0.4 is 0 Å². The van der Waals surface area contributed by atoms with Crippen LogP contribution in [0.25, 0.3) is 11.4 Å². The fourth-order valence-corrected chi connectivity index (χ4v) is 2.12. The highest BCUT2D eigenvalue weighted by atomic mass is 14.9. The van der Waals surface area contributed by atoms with Crippen molar-refractivity contribution in [3.63, 3.8) is 0 Å². The summed E-state index contributed by atoms with van der Waals surface area (Å²) in [7, 11) is 0. The van der Waals surface area contributed by atoms with Crippen molar-refractivity contribution in [2.75, 3.05) is 0 Å². The van der Waals surface area contributed by atoms with Gasteiger partial charge in [0.05, 0.1) is 11.6 Å². The Kier molecular flexibility index (Phi) is 5.66. The Balaban J connectivity index is 1.92. The quantitative estimate of drug-likeness (QED) is 0.560. The number of rotatable bonds is 7. The zero-order chi connectivity index (χ0) is 14.9. The van der Waals surface area contributed by atoms with Crippen LogP contribution in [-0.2, 0) is 6.42 Å². The Morgan fingerprint density at radius 2 is 1.76 bits per heavy atom. The Bertz CT molecular complexity index is 606. The van der Waals surface area contributed by atoms with Crippen molar-refractivity contribution >= 4 is 0 Å². The summed E-state index contributed by atoms with van der Waals surface area (Å²) in [4.78, 5) is 8.82. The molecule has 106 valence electrons.